The van der Waals surface area contributed by atoms with E-state index in [4.69, 9.17) is 20.8 Å². The monoisotopic (exact) mass is 476 g/mol. The molecule has 0 aliphatic rings. The van der Waals surface area contributed by atoms with E-state index in [-0.39, 0.29) is 11.8 Å². The van der Waals surface area contributed by atoms with Crippen molar-refractivity contribution in [2.24, 2.45) is 0 Å². The van der Waals surface area contributed by atoms with Crippen LogP contribution in [0.4, 0.5) is 17.3 Å². The van der Waals surface area contributed by atoms with E-state index in [9.17, 15) is 4.79 Å². The first-order valence-electron chi connectivity index (χ1n) is 10.7. The summed E-state index contributed by atoms with van der Waals surface area (Å²) < 4.78 is 4.77. The number of benzene rings is 2. The quantitative estimate of drug-likeness (QED) is 0.232. The van der Waals surface area contributed by atoms with Gasteiger partial charge in [-0.05, 0) is 67.1 Å². The fourth-order valence-electron chi connectivity index (χ4n) is 3.21. The summed E-state index contributed by atoms with van der Waals surface area (Å²) in [5.74, 6) is -0.964. The minimum atomic E-state index is -0.681. The van der Waals surface area contributed by atoms with E-state index >= 15 is 0 Å². The molecule has 10 nitrogen and oxygen atoms in total. The molecule has 0 unspecified atom stereocenters. The van der Waals surface area contributed by atoms with Crippen molar-refractivity contribution in [3.8, 4) is 17.3 Å². The van der Waals surface area contributed by atoms with Crippen LogP contribution in [0.5, 0.6) is 0 Å². The van der Waals surface area contributed by atoms with Gasteiger partial charge in [0.25, 0.3) is 11.8 Å². The highest BCUT2D eigenvalue weighted by Gasteiger charge is 2.11. The van der Waals surface area contributed by atoms with E-state index in [1.54, 1.807) is 36.8 Å². The molecule has 4 N–H and O–H groups in total. The Hall–Kier alpha value is -5.43. The Morgan fingerprint density at radius 3 is 2.53 bits per heavy atom. The van der Waals surface area contributed by atoms with Crippen LogP contribution in [0.15, 0.2) is 79.3 Å². The highest BCUT2D eigenvalue weighted by atomic mass is 16.5. The van der Waals surface area contributed by atoms with Gasteiger partial charge in [-0.15, -0.1) is 0 Å². The van der Waals surface area contributed by atoms with E-state index in [1.807, 2.05) is 25.1 Å². The number of hydrogen-bond acceptors (Lipinski definition) is 9. The normalized spacial score (nSPS) is 10.1. The highest BCUT2D eigenvalue weighted by Crippen LogP contribution is 2.24. The van der Waals surface area contributed by atoms with Crippen molar-refractivity contribution in [2.45, 2.75) is 6.92 Å². The van der Waals surface area contributed by atoms with Crippen LogP contribution in [0, 0.1) is 29.1 Å². The van der Waals surface area contributed by atoms with Crippen LogP contribution < -0.4 is 10.6 Å². The number of aromatic nitrogens is 3. The Morgan fingerprint density at radius 2 is 1.81 bits per heavy atom. The molecule has 36 heavy (non-hydrogen) atoms. The maximum atomic E-state index is 12.8. The number of anilines is 3. The molecule has 0 aliphatic carbocycles. The van der Waals surface area contributed by atoms with Gasteiger partial charge in [0.1, 0.15) is 0 Å². The molecule has 1 amide bonds. The van der Waals surface area contributed by atoms with Gasteiger partial charge in [0, 0.05) is 46.7 Å². The smallest absolute Gasteiger partial charge is 0.294 e. The number of nitrogens with zero attached hydrogens (tertiary/aromatic N) is 4. The number of ether oxygens (including phenoxy) is 1. The minimum absolute atomic E-state index is 0.335. The second-order valence-electron chi connectivity index (χ2n) is 7.57. The molecule has 0 bridgehead atoms. The third kappa shape index (κ3) is 5.73. The number of aryl methyl sites for hydroxylation is 1. The van der Waals surface area contributed by atoms with Crippen molar-refractivity contribution in [3.63, 3.8) is 0 Å². The zero-order valence-electron chi connectivity index (χ0n) is 19.1. The summed E-state index contributed by atoms with van der Waals surface area (Å²) in [6, 6.07) is 18.6. The van der Waals surface area contributed by atoms with Crippen molar-refractivity contribution in [1.82, 2.24) is 15.0 Å². The molecule has 0 spiro atoms. The van der Waals surface area contributed by atoms with Gasteiger partial charge in [-0.1, -0.05) is 6.07 Å². The SMILES string of the molecule is Cc1ccc(NC(=O)c2ccc(C(=N)OC(=N)C#N)cc2)cc1Nc1nccc(-c2cccnc2)n1. The highest BCUT2D eigenvalue weighted by molar-refractivity contribution is 6.06. The van der Waals surface area contributed by atoms with Crippen molar-refractivity contribution in [1.29, 1.82) is 16.1 Å². The molecule has 0 saturated carbocycles. The molecule has 2 aromatic carbocycles. The average molecular weight is 477 g/mol. The fourth-order valence-corrected chi connectivity index (χ4v) is 3.21. The molecular weight excluding hydrogens is 456 g/mol. The lowest BCUT2D eigenvalue weighted by Crippen LogP contribution is -2.13. The Kier molecular flexibility index (Phi) is 7.03. The van der Waals surface area contributed by atoms with E-state index in [2.05, 4.69) is 25.6 Å². The summed E-state index contributed by atoms with van der Waals surface area (Å²) >= 11 is 0. The summed E-state index contributed by atoms with van der Waals surface area (Å²) in [6.45, 7) is 1.93. The van der Waals surface area contributed by atoms with Gasteiger partial charge in [-0.2, -0.15) is 5.26 Å². The molecule has 4 rings (SSSR count). The molecular formula is C26H20N8O2. The lowest BCUT2D eigenvalue weighted by atomic mass is 10.1. The van der Waals surface area contributed by atoms with Crippen LogP contribution in [0.3, 0.4) is 0 Å². The molecule has 4 aromatic rings. The lowest BCUT2D eigenvalue weighted by Gasteiger charge is -2.12. The first kappa shape index (κ1) is 23.7. The predicted molar refractivity (Wildman–Crippen MR) is 135 cm³/mol. The lowest BCUT2D eigenvalue weighted by molar-refractivity contribution is 0.102. The molecule has 2 aromatic heterocycles. The number of nitrogens with one attached hydrogen (secondary N) is 4. The number of carbonyl (C=O) groups is 1. The predicted octanol–water partition coefficient (Wildman–Crippen LogP) is 4.69. The molecule has 0 radical (unpaired) electrons. The Morgan fingerprint density at radius 1 is 1.03 bits per heavy atom. The van der Waals surface area contributed by atoms with Crippen molar-refractivity contribution in [3.05, 3.63) is 95.9 Å². The van der Waals surface area contributed by atoms with Crippen molar-refractivity contribution < 1.29 is 9.53 Å². The Balaban J connectivity index is 1.46. The number of hydrogen-bond donors (Lipinski definition) is 4. The first-order valence-corrected chi connectivity index (χ1v) is 10.7. The standard InChI is InChI=1S/C26H20N8O2/c1-16-4-9-20(32-25(35)18-7-5-17(6-8-18)24(29)36-23(28)14-27)13-22(16)34-26-31-12-10-21(33-26)19-3-2-11-30-15-19/h2-13,15,28-29H,1H3,(H,32,35)(H,31,33,34). The van der Waals surface area contributed by atoms with Gasteiger partial charge < -0.3 is 15.4 Å². The van der Waals surface area contributed by atoms with Crippen LogP contribution >= 0.6 is 0 Å². The Labute approximate surface area is 206 Å². The molecule has 2 heterocycles. The molecule has 176 valence electrons. The number of amides is 1. The van der Waals surface area contributed by atoms with Gasteiger partial charge in [-0.3, -0.25) is 20.6 Å². The van der Waals surface area contributed by atoms with Crippen molar-refractivity contribution >= 4 is 35.0 Å². The number of carbonyl (C=O) groups excluding carboxylic acids is 1. The third-order valence-electron chi connectivity index (χ3n) is 5.07. The van der Waals surface area contributed by atoms with Crippen LogP contribution in [0.25, 0.3) is 11.3 Å². The number of pyridine rings is 1. The second kappa shape index (κ2) is 10.7. The van der Waals surface area contributed by atoms with Crippen LogP contribution in [-0.4, -0.2) is 32.7 Å². The first-order chi connectivity index (χ1) is 17.4. The molecule has 10 heteroatoms. The van der Waals surface area contributed by atoms with E-state index in [0.29, 0.717) is 22.8 Å². The third-order valence-corrected chi connectivity index (χ3v) is 5.07. The number of nitriles is 1. The summed E-state index contributed by atoms with van der Waals surface area (Å²) in [5.41, 5.74) is 4.54. The van der Waals surface area contributed by atoms with E-state index < -0.39 is 5.90 Å². The summed E-state index contributed by atoms with van der Waals surface area (Å²) in [5, 5.41) is 29.6. The maximum Gasteiger partial charge on any atom is 0.294 e. The molecule has 0 aliphatic heterocycles. The average Bonchev–Trinajstić information content (AvgIpc) is 2.91. The Bertz CT molecular complexity index is 1480. The van der Waals surface area contributed by atoms with Gasteiger partial charge in [0.2, 0.25) is 11.8 Å². The molecule has 0 fully saturated rings. The summed E-state index contributed by atoms with van der Waals surface area (Å²) in [4.78, 5) is 25.7. The van der Waals surface area contributed by atoms with Gasteiger partial charge >= 0.3 is 0 Å². The van der Waals surface area contributed by atoms with Gasteiger partial charge in [0.05, 0.1) is 5.69 Å². The number of rotatable bonds is 6. The van der Waals surface area contributed by atoms with Crippen LogP contribution in [0.2, 0.25) is 0 Å². The minimum Gasteiger partial charge on any atom is -0.412 e. The van der Waals surface area contributed by atoms with Crippen molar-refractivity contribution in [2.75, 3.05) is 10.6 Å². The summed E-state index contributed by atoms with van der Waals surface area (Å²) in [6.07, 6.45) is 5.09. The fraction of sp³-hybridized carbons (Fsp3) is 0.0385. The van der Waals surface area contributed by atoms with E-state index in [0.717, 1.165) is 22.5 Å². The zero-order valence-corrected chi connectivity index (χ0v) is 19.1. The zero-order chi connectivity index (χ0) is 25.5. The van der Waals surface area contributed by atoms with E-state index in [1.165, 1.54) is 30.3 Å². The van der Waals surface area contributed by atoms with Crippen LogP contribution in [-0.2, 0) is 4.74 Å². The van der Waals surface area contributed by atoms with Gasteiger partial charge in [0.15, 0.2) is 6.07 Å². The second-order valence-corrected chi connectivity index (χ2v) is 7.57. The van der Waals surface area contributed by atoms with Gasteiger partial charge in [-0.25, -0.2) is 9.97 Å². The molecule has 0 saturated heterocycles. The largest absolute Gasteiger partial charge is 0.412 e. The van der Waals surface area contributed by atoms with Crippen LogP contribution in [0.1, 0.15) is 21.5 Å². The molecule has 0 atom stereocenters. The summed E-state index contributed by atoms with van der Waals surface area (Å²) in [7, 11) is 0. The topological polar surface area (TPSA) is 161 Å². The maximum absolute atomic E-state index is 12.8.